The summed E-state index contributed by atoms with van der Waals surface area (Å²) in [5.74, 6) is 0.401. The lowest BCUT2D eigenvalue weighted by Crippen LogP contribution is -2.49. The van der Waals surface area contributed by atoms with Crippen LogP contribution < -0.4 is 10.1 Å². The Labute approximate surface area is 185 Å². The van der Waals surface area contributed by atoms with Gasteiger partial charge in [-0.15, -0.1) is 0 Å². The monoisotopic (exact) mass is 480 g/mol. The third kappa shape index (κ3) is 7.37. The SMILES string of the molecule is CC(C)CNC(=O)[C@@H](C)N(Cc1ccccc1Cl)C(=O)COc1ccc(Br)cc1. The Morgan fingerprint density at radius 3 is 2.38 bits per heavy atom. The molecule has 0 bridgehead atoms. The van der Waals surface area contributed by atoms with Crippen LogP contribution in [-0.2, 0) is 16.1 Å². The van der Waals surface area contributed by atoms with Crippen molar-refractivity contribution in [1.29, 1.82) is 0 Å². The van der Waals surface area contributed by atoms with Gasteiger partial charge in [-0.1, -0.05) is 59.6 Å². The van der Waals surface area contributed by atoms with Gasteiger partial charge in [-0.05, 0) is 48.7 Å². The molecule has 0 saturated carbocycles. The highest BCUT2D eigenvalue weighted by atomic mass is 79.9. The maximum Gasteiger partial charge on any atom is 0.261 e. The number of benzene rings is 2. The van der Waals surface area contributed by atoms with Gasteiger partial charge in [0.2, 0.25) is 5.91 Å². The molecule has 0 aromatic heterocycles. The van der Waals surface area contributed by atoms with E-state index < -0.39 is 6.04 Å². The van der Waals surface area contributed by atoms with Crippen molar-refractivity contribution in [1.82, 2.24) is 10.2 Å². The molecule has 0 aliphatic heterocycles. The molecule has 1 N–H and O–H groups in total. The zero-order chi connectivity index (χ0) is 21.4. The molecule has 5 nitrogen and oxygen atoms in total. The standard InChI is InChI=1S/C22H26BrClN2O3/c1-15(2)12-25-22(28)16(3)26(13-17-6-4-5-7-20(17)24)21(27)14-29-19-10-8-18(23)9-11-19/h4-11,15-16H,12-14H2,1-3H3,(H,25,28)/t16-/m1/s1. The van der Waals surface area contributed by atoms with Crippen LogP contribution in [0, 0.1) is 5.92 Å². The number of nitrogens with zero attached hydrogens (tertiary/aromatic N) is 1. The fourth-order valence-electron chi connectivity index (χ4n) is 2.60. The zero-order valence-electron chi connectivity index (χ0n) is 16.8. The van der Waals surface area contributed by atoms with Crippen molar-refractivity contribution in [2.24, 2.45) is 5.92 Å². The molecule has 0 aliphatic rings. The predicted octanol–water partition coefficient (Wildman–Crippen LogP) is 4.67. The van der Waals surface area contributed by atoms with E-state index in [1.807, 2.05) is 44.2 Å². The first kappa shape index (κ1) is 23.2. The average molecular weight is 482 g/mol. The van der Waals surface area contributed by atoms with Crippen molar-refractivity contribution in [2.45, 2.75) is 33.4 Å². The van der Waals surface area contributed by atoms with Gasteiger partial charge in [0.05, 0.1) is 0 Å². The zero-order valence-corrected chi connectivity index (χ0v) is 19.2. The van der Waals surface area contributed by atoms with Gasteiger partial charge in [0.1, 0.15) is 11.8 Å². The Morgan fingerprint density at radius 1 is 1.10 bits per heavy atom. The van der Waals surface area contributed by atoms with Crippen LogP contribution in [0.5, 0.6) is 5.75 Å². The Hall–Kier alpha value is -2.05. The molecule has 2 aromatic rings. The second kappa shape index (κ2) is 11.2. The topological polar surface area (TPSA) is 58.6 Å². The summed E-state index contributed by atoms with van der Waals surface area (Å²) in [5.41, 5.74) is 0.773. The highest BCUT2D eigenvalue weighted by molar-refractivity contribution is 9.10. The van der Waals surface area contributed by atoms with Crippen molar-refractivity contribution in [3.8, 4) is 5.75 Å². The lowest BCUT2D eigenvalue weighted by molar-refractivity contribution is -0.142. The lowest BCUT2D eigenvalue weighted by atomic mass is 10.1. The number of ether oxygens (including phenoxy) is 1. The number of carbonyl (C=O) groups excluding carboxylic acids is 2. The minimum Gasteiger partial charge on any atom is -0.484 e. The van der Waals surface area contributed by atoms with Crippen LogP contribution in [0.15, 0.2) is 53.0 Å². The van der Waals surface area contributed by atoms with Gasteiger partial charge in [-0.25, -0.2) is 0 Å². The molecule has 0 saturated heterocycles. The van der Waals surface area contributed by atoms with Crippen LogP contribution in [0.4, 0.5) is 0 Å². The molecule has 29 heavy (non-hydrogen) atoms. The number of amides is 2. The van der Waals surface area contributed by atoms with Crippen molar-refractivity contribution in [3.05, 3.63) is 63.6 Å². The van der Waals surface area contributed by atoms with E-state index >= 15 is 0 Å². The molecule has 7 heteroatoms. The van der Waals surface area contributed by atoms with Gasteiger partial charge >= 0.3 is 0 Å². The molecule has 0 heterocycles. The second-order valence-electron chi connectivity index (χ2n) is 7.17. The first-order chi connectivity index (χ1) is 13.8. The second-order valence-corrected chi connectivity index (χ2v) is 8.49. The van der Waals surface area contributed by atoms with E-state index in [0.29, 0.717) is 23.2 Å². The minimum atomic E-state index is -0.661. The molecule has 0 spiro atoms. The van der Waals surface area contributed by atoms with Gasteiger partial charge < -0.3 is 15.0 Å². The summed E-state index contributed by atoms with van der Waals surface area (Å²) >= 11 is 9.64. The first-order valence-electron chi connectivity index (χ1n) is 9.47. The molecule has 2 rings (SSSR count). The van der Waals surface area contributed by atoms with E-state index in [9.17, 15) is 9.59 Å². The van der Waals surface area contributed by atoms with Crippen LogP contribution in [0.25, 0.3) is 0 Å². The fourth-order valence-corrected chi connectivity index (χ4v) is 3.06. The number of carbonyl (C=O) groups is 2. The van der Waals surface area contributed by atoms with Crippen LogP contribution in [-0.4, -0.2) is 35.9 Å². The normalized spacial score (nSPS) is 11.8. The molecular weight excluding hydrogens is 456 g/mol. The van der Waals surface area contributed by atoms with E-state index in [0.717, 1.165) is 10.0 Å². The number of nitrogens with one attached hydrogen (secondary N) is 1. The summed E-state index contributed by atoms with van der Waals surface area (Å²) < 4.78 is 6.55. The number of hydrogen-bond acceptors (Lipinski definition) is 3. The Kier molecular flexibility index (Phi) is 8.99. The van der Waals surface area contributed by atoms with Crippen LogP contribution in [0.2, 0.25) is 5.02 Å². The summed E-state index contributed by atoms with van der Waals surface area (Å²) in [7, 11) is 0. The van der Waals surface area contributed by atoms with Gasteiger partial charge in [0.15, 0.2) is 6.61 Å². The van der Waals surface area contributed by atoms with E-state index in [2.05, 4.69) is 21.2 Å². The Morgan fingerprint density at radius 2 is 1.76 bits per heavy atom. The average Bonchev–Trinajstić information content (AvgIpc) is 2.70. The van der Waals surface area contributed by atoms with Crippen molar-refractivity contribution >= 4 is 39.3 Å². The van der Waals surface area contributed by atoms with Crippen LogP contribution >= 0.6 is 27.5 Å². The smallest absolute Gasteiger partial charge is 0.261 e. The summed E-state index contributed by atoms with van der Waals surface area (Å²) in [4.78, 5) is 27.0. The van der Waals surface area contributed by atoms with Crippen LogP contribution in [0.1, 0.15) is 26.3 Å². The van der Waals surface area contributed by atoms with Crippen molar-refractivity contribution < 1.29 is 14.3 Å². The third-order valence-electron chi connectivity index (χ3n) is 4.33. The van der Waals surface area contributed by atoms with E-state index in [1.54, 1.807) is 25.1 Å². The Balaban J connectivity index is 2.13. The number of rotatable bonds is 9. The molecular formula is C22H26BrClN2O3. The quantitative estimate of drug-likeness (QED) is 0.566. The third-order valence-corrected chi connectivity index (χ3v) is 5.22. The van der Waals surface area contributed by atoms with Gasteiger partial charge in [-0.2, -0.15) is 0 Å². The summed E-state index contributed by atoms with van der Waals surface area (Å²) in [5, 5.41) is 3.44. The highest BCUT2D eigenvalue weighted by Gasteiger charge is 2.27. The molecule has 156 valence electrons. The molecule has 2 aromatic carbocycles. The molecule has 2 amide bonds. The molecule has 0 radical (unpaired) electrons. The van der Waals surface area contributed by atoms with Crippen molar-refractivity contribution in [3.63, 3.8) is 0 Å². The molecule has 0 fully saturated rings. The molecule has 1 atom stereocenters. The summed E-state index contributed by atoms with van der Waals surface area (Å²) in [6, 6.07) is 13.8. The van der Waals surface area contributed by atoms with E-state index in [1.165, 1.54) is 4.90 Å². The number of halogens is 2. The summed E-state index contributed by atoms with van der Waals surface area (Å²) in [6.07, 6.45) is 0. The fraction of sp³-hybridized carbons (Fsp3) is 0.364. The molecule has 0 unspecified atom stereocenters. The molecule has 0 aliphatic carbocycles. The van der Waals surface area contributed by atoms with Crippen molar-refractivity contribution in [2.75, 3.05) is 13.2 Å². The van der Waals surface area contributed by atoms with Gasteiger partial charge in [0, 0.05) is 22.6 Å². The highest BCUT2D eigenvalue weighted by Crippen LogP contribution is 2.20. The largest absolute Gasteiger partial charge is 0.484 e. The van der Waals surface area contributed by atoms with E-state index in [-0.39, 0.29) is 25.0 Å². The predicted molar refractivity (Wildman–Crippen MR) is 119 cm³/mol. The first-order valence-corrected chi connectivity index (χ1v) is 10.6. The lowest BCUT2D eigenvalue weighted by Gasteiger charge is -2.29. The maximum atomic E-state index is 13.0. The Bertz CT molecular complexity index is 827. The number of hydrogen-bond donors (Lipinski definition) is 1. The van der Waals surface area contributed by atoms with Gasteiger partial charge in [-0.3, -0.25) is 9.59 Å². The minimum absolute atomic E-state index is 0.173. The van der Waals surface area contributed by atoms with Gasteiger partial charge in [0.25, 0.3) is 5.91 Å². The van der Waals surface area contributed by atoms with E-state index in [4.69, 9.17) is 16.3 Å². The van der Waals surface area contributed by atoms with Crippen LogP contribution in [0.3, 0.4) is 0 Å². The maximum absolute atomic E-state index is 13.0. The summed E-state index contributed by atoms with van der Waals surface area (Å²) in [6.45, 7) is 6.34.